The maximum absolute atomic E-state index is 4.72. The molecule has 0 radical (unpaired) electrons. The Bertz CT molecular complexity index is 433. The summed E-state index contributed by atoms with van der Waals surface area (Å²) < 4.78 is 0. The predicted molar refractivity (Wildman–Crippen MR) is 87.6 cm³/mol. The standard InChI is InChI=1S/C16H30N4/c1-8-17-13-12(4)14(18-10-9-11(2)3)20-15(19-13)16(5,6)7/h11H,8-10H2,1-7H3,(H2,17,18,19,20). The van der Waals surface area contributed by atoms with Crippen LogP contribution in [-0.2, 0) is 5.41 Å². The van der Waals surface area contributed by atoms with Gasteiger partial charge >= 0.3 is 0 Å². The van der Waals surface area contributed by atoms with E-state index < -0.39 is 0 Å². The van der Waals surface area contributed by atoms with Gasteiger partial charge in [-0.15, -0.1) is 0 Å². The van der Waals surface area contributed by atoms with Crippen LogP contribution >= 0.6 is 0 Å². The second-order valence-corrected chi connectivity index (χ2v) is 6.76. The molecular weight excluding hydrogens is 248 g/mol. The molecular formula is C16H30N4. The third-order valence-electron chi connectivity index (χ3n) is 3.17. The Kier molecular flexibility index (Phi) is 5.78. The third-order valence-corrected chi connectivity index (χ3v) is 3.17. The number of hydrogen-bond donors (Lipinski definition) is 2. The molecule has 0 aliphatic heterocycles. The highest BCUT2D eigenvalue weighted by Gasteiger charge is 2.20. The van der Waals surface area contributed by atoms with Crippen LogP contribution in [0.1, 0.15) is 59.4 Å². The van der Waals surface area contributed by atoms with Gasteiger partial charge in [-0.2, -0.15) is 0 Å². The number of hydrogen-bond acceptors (Lipinski definition) is 4. The van der Waals surface area contributed by atoms with Gasteiger partial charge in [0.1, 0.15) is 17.5 Å². The van der Waals surface area contributed by atoms with Gasteiger partial charge in [-0.1, -0.05) is 34.6 Å². The lowest BCUT2D eigenvalue weighted by atomic mass is 9.95. The molecule has 0 aromatic carbocycles. The average Bonchev–Trinajstić information content (AvgIpc) is 2.32. The van der Waals surface area contributed by atoms with Gasteiger partial charge in [0.25, 0.3) is 0 Å². The fourth-order valence-electron chi connectivity index (χ4n) is 1.84. The molecule has 4 nitrogen and oxygen atoms in total. The first-order chi connectivity index (χ1) is 9.25. The van der Waals surface area contributed by atoms with Gasteiger partial charge in [-0.3, -0.25) is 0 Å². The maximum Gasteiger partial charge on any atom is 0.138 e. The van der Waals surface area contributed by atoms with Gasteiger partial charge < -0.3 is 10.6 Å². The first kappa shape index (κ1) is 16.7. The zero-order valence-corrected chi connectivity index (χ0v) is 14.1. The lowest BCUT2D eigenvalue weighted by Crippen LogP contribution is -2.20. The van der Waals surface area contributed by atoms with Crippen LogP contribution in [0.2, 0.25) is 0 Å². The lowest BCUT2D eigenvalue weighted by molar-refractivity contribution is 0.545. The van der Waals surface area contributed by atoms with E-state index in [0.717, 1.165) is 42.5 Å². The zero-order valence-electron chi connectivity index (χ0n) is 14.1. The molecule has 0 unspecified atom stereocenters. The average molecular weight is 278 g/mol. The molecule has 0 atom stereocenters. The summed E-state index contributed by atoms with van der Waals surface area (Å²) in [6.07, 6.45) is 1.14. The Balaban J connectivity index is 3.04. The van der Waals surface area contributed by atoms with Gasteiger partial charge in [0.2, 0.25) is 0 Å². The van der Waals surface area contributed by atoms with Crippen molar-refractivity contribution >= 4 is 11.6 Å². The van der Waals surface area contributed by atoms with Crippen molar-refractivity contribution in [3.63, 3.8) is 0 Å². The van der Waals surface area contributed by atoms with Gasteiger partial charge in [0.05, 0.1) is 0 Å². The second-order valence-electron chi connectivity index (χ2n) is 6.76. The number of anilines is 2. The van der Waals surface area contributed by atoms with Crippen molar-refractivity contribution in [3.8, 4) is 0 Å². The first-order valence-corrected chi connectivity index (χ1v) is 7.62. The van der Waals surface area contributed by atoms with Crippen LogP contribution in [0.15, 0.2) is 0 Å². The summed E-state index contributed by atoms with van der Waals surface area (Å²) in [5.41, 5.74) is 1.05. The molecule has 0 fully saturated rings. The molecule has 114 valence electrons. The smallest absolute Gasteiger partial charge is 0.138 e. The van der Waals surface area contributed by atoms with Gasteiger partial charge in [0.15, 0.2) is 0 Å². The van der Waals surface area contributed by atoms with E-state index in [2.05, 4.69) is 64.1 Å². The topological polar surface area (TPSA) is 49.8 Å². The van der Waals surface area contributed by atoms with E-state index in [0.29, 0.717) is 5.92 Å². The van der Waals surface area contributed by atoms with Gasteiger partial charge in [-0.25, -0.2) is 9.97 Å². The molecule has 4 heteroatoms. The van der Waals surface area contributed by atoms with Crippen LogP contribution in [0.3, 0.4) is 0 Å². The van der Waals surface area contributed by atoms with Crippen molar-refractivity contribution in [1.29, 1.82) is 0 Å². The normalized spacial score (nSPS) is 11.8. The summed E-state index contributed by atoms with van der Waals surface area (Å²) in [5, 5.41) is 6.80. The second kappa shape index (κ2) is 6.91. The molecule has 0 amide bonds. The lowest BCUT2D eigenvalue weighted by Gasteiger charge is -2.21. The van der Waals surface area contributed by atoms with Crippen LogP contribution in [-0.4, -0.2) is 23.1 Å². The van der Waals surface area contributed by atoms with Crippen LogP contribution in [0.25, 0.3) is 0 Å². The van der Waals surface area contributed by atoms with E-state index in [4.69, 9.17) is 4.98 Å². The van der Waals surface area contributed by atoms with Crippen LogP contribution in [0.5, 0.6) is 0 Å². The number of nitrogens with one attached hydrogen (secondary N) is 2. The molecule has 1 aromatic rings. The van der Waals surface area contributed by atoms with E-state index in [9.17, 15) is 0 Å². The maximum atomic E-state index is 4.72. The Morgan fingerprint density at radius 1 is 1.05 bits per heavy atom. The van der Waals surface area contributed by atoms with E-state index in [1.165, 1.54) is 0 Å². The molecule has 0 bridgehead atoms. The minimum atomic E-state index is -0.0493. The zero-order chi connectivity index (χ0) is 15.3. The van der Waals surface area contributed by atoms with E-state index >= 15 is 0 Å². The van der Waals surface area contributed by atoms with Crippen molar-refractivity contribution < 1.29 is 0 Å². The summed E-state index contributed by atoms with van der Waals surface area (Å²) in [5.74, 6) is 3.48. The molecule has 0 aliphatic carbocycles. The highest BCUT2D eigenvalue weighted by atomic mass is 15.1. The molecule has 0 saturated heterocycles. The van der Waals surface area contributed by atoms with E-state index in [1.54, 1.807) is 0 Å². The van der Waals surface area contributed by atoms with Crippen molar-refractivity contribution in [2.24, 2.45) is 5.92 Å². The molecule has 2 N–H and O–H groups in total. The van der Waals surface area contributed by atoms with Crippen LogP contribution in [0.4, 0.5) is 11.6 Å². The minimum absolute atomic E-state index is 0.0493. The molecule has 1 aromatic heterocycles. The number of rotatable bonds is 6. The van der Waals surface area contributed by atoms with Crippen LogP contribution in [0, 0.1) is 12.8 Å². The van der Waals surface area contributed by atoms with Crippen molar-refractivity contribution in [2.45, 2.75) is 60.3 Å². The summed E-state index contributed by atoms with van der Waals surface area (Å²) >= 11 is 0. The molecule has 0 spiro atoms. The number of aromatic nitrogens is 2. The molecule has 1 heterocycles. The molecule has 0 aliphatic rings. The highest BCUT2D eigenvalue weighted by molar-refractivity contribution is 5.57. The van der Waals surface area contributed by atoms with E-state index in [1.807, 2.05) is 0 Å². The fourth-order valence-corrected chi connectivity index (χ4v) is 1.84. The Hall–Kier alpha value is -1.32. The molecule has 1 rings (SSSR count). The van der Waals surface area contributed by atoms with Crippen molar-refractivity contribution in [3.05, 3.63) is 11.4 Å². The van der Waals surface area contributed by atoms with Gasteiger partial charge in [-0.05, 0) is 26.2 Å². The Morgan fingerprint density at radius 2 is 1.60 bits per heavy atom. The first-order valence-electron chi connectivity index (χ1n) is 7.62. The molecule has 20 heavy (non-hydrogen) atoms. The SMILES string of the molecule is CCNc1nc(C(C)(C)C)nc(NCCC(C)C)c1C. The van der Waals surface area contributed by atoms with Crippen LogP contribution < -0.4 is 10.6 Å². The Morgan fingerprint density at radius 3 is 2.05 bits per heavy atom. The highest BCUT2D eigenvalue weighted by Crippen LogP contribution is 2.26. The largest absolute Gasteiger partial charge is 0.370 e. The quantitative estimate of drug-likeness (QED) is 0.826. The fraction of sp³-hybridized carbons (Fsp3) is 0.750. The third kappa shape index (κ3) is 4.66. The summed E-state index contributed by atoms with van der Waals surface area (Å²) in [6, 6.07) is 0. The summed E-state index contributed by atoms with van der Waals surface area (Å²) in [4.78, 5) is 9.40. The van der Waals surface area contributed by atoms with Gasteiger partial charge in [0, 0.05) is 24.1 Å². The molecule has 0 saturated carbocycles. The Labute approximate surface area is 123 Å². The van der Waals surface area contributed by atoms with Crippen molar-refractivity contribution in [1.82, 2.24) is 9.97 Å². The summed E-state index contributed by atoms with van der Waals surface area (Å²) in [6.45, 7) is 16.9. The van der Waals surface area contributed by atoms with Crippen molar-refractivity contribution in [2.75, 3.05) is 23.7 Å². The monoisotopic (exact) mass is 278 g/mol. The predicted octanol–water partition coefficient (Wildman–Crippen LogP) is 3.97. The summed E-state index contributed by atoms with van der Waals surface area (Å²) in [7, 11) is 0. The van der Waals surface area contributed by atoms with E-state index in [-0.39, 0.29) is 5.41 Å². The minimum Gasteiger partial charge on any atom is -0.370 e. The number of nitrogens with zero attached hydrogens (tertiary/aromatic N) is 2.